The second-order valence-electron chi connectivity index (χ2n) is 2.19. The molecule has 0 aliphatic carbocycles. The summed E-state index contributed by atoms with van der Waals surface area (Å²) in [6, 6.07) is 0. The summed E-state index contributed by atoms with van der Waals surface area (Å²) in [5.74, 6) is 0. The quantitative estimate of drug-likeness (QED) is 0.0709. The first-order valence-electron chi connectivity index (χ1n) is 4.06. The fourth-order valence-electron chi connectivity index (χ4n) is 0.140. The van der Waals surface area contributed by atoms with Gasteiger partial charge < -0.3 is 64.3 Å². The average molecular weight is 692 g/mol. The van der Waals surface area contributed by atoms with Crippen molar-refractivity contribution in [2.24, 2.45) is 0 Å². The second kappa shape index (κ2) is 27.6. The van der Waals surface area contributed by atoms with E-state index in [1.165, 1.54) is 0 Å². The molecule has 0 atom stereocenters. The fraction of sp³-hybridized carbons (Fsp3) is 0. The van der Waals surface area contributed by atoms with Crippen molar-refractivity contribution < 1.29 is 131 Å². The molecule has 0 aromatic heterocycles. The molecule has 4 N–H and O–H groups in total. The van der Waals surface area contributed by atoms with Crippen LogP contribution in [-0.2, 0) is 93.1 Å². The van der Waals surface area contributed by atoms with Crippen LogP contribution >= 0.6 is 37.0 Å². The maximum absolute atomic E-state index is 9.51. The molecule has 0 rings (SSSR count). The summed E-state index contributed by atoms with van der Waals surface area (Å²) in [5, 5.41) is 0. The Balaban J connectivity index is -0.0000000514. The van der Waals surface area contributed by atoms with E-state index in [0.717, 1.165) is 0 Å². The molecule has 0 aliphatic rings. The first-order valence-corrected chi connectivity index (χ1v) is 11.5. The second-order valence-corrected chi connectivity index (χ2v) is 6.56. The summed E-state index contributed by atoms with van der Waals surface area (Å²) in [6.45, 7) is 0. The van der Waals surface area contributed by atoms with Crippen molar-refractivity contribution in [3.8, 4) is 0 Å². The van der Waals surface area contributed by atoms with E-state index < -0.39 is 78.6 Å². The van der Waals surface area contributed by atoms with Crippen LogP contribution in [0.3, 0.4) is 0 Å². The van der Waals surface area contributed by atoms with Crippen LogP contribution in [0.2, 0.25) is 0 Å². The molecule has 22 nitrogen and oxygen atoms in total. The molecule has 0 aromatic rings. The van der Waals surface area contributed by atoms with Gasteiger partial charge in [-0.15, -0.1) is 0 Å². The van der Waals surface area contributed by atoms with E-state index in [0.29, 0.717) is 0 Å². The van der Waals surface area contributed by atoms with Crippen molar-refractivity contribution in [3.05, 3.63) is 0 Å². The van der Waals surface area contributed by atoms with Crippen molar-refractivity contribution in [1.29, 1.82) is 0 Å². The largest absolute Gasteiger partial charge is 3.00 e. The van der Waals surface area contributed by atoms with Crippen LogP contribution in [0.4, 0.5) is 0 Å². The Bertz CT molecular complexity index is 610. The molecule has 31 heavy (non-hydrogen) atoms. The van der Waals surface area contributed by atoms with Crippen LogP contribution in [0, 0.1) is 0 Å². The molecular weight excluding hydrogens is 688 g/mol. The van der Waals surface area contributed by atoms with Gasteiger partial charge in [-0.05, 0) is 0 Å². The van der Waals surface area contributed by atoms with Gasteiger partial charge >= 0.3 is 75.7 Å². The zero-order valence-corrected chi connectivity index (χ0v) is 20.6. The smallest absolute Gasteiger partial charge is 0.811 e. The van der Waals surface area contributed by atoms with Crippen molar-refractivity contribution in [1.82, 2.24) is 0 Å². The van der Waals surface area contributed by atoms with Crippen molar-refractivity contribution in [3.63, 3.8) is 0 Å². The predicted molar refractivity (Wildman–Crippen MR) is 78.0 cm³/mol. The van der Waals surface area contributed by atoms with Gasteiger partial charge in [-0.3, -0.25) is 18.2 Å². The molecule has 0 unspecified atom stereocenters. The van der Waals surface area contributed by atoms with Crippen molar-refractivity contribution in [2.75, 3.05) is 0 Å². The summed E-state index contributed by atoms with van der Waals surface area (Å²) in [5.41, 5.74) is 0. The minimum absolute atomic E-state index is 0. The molecule has 0 saturated carbocycles. The van der Waals surface area contributed by atoms with E-state index >= 15 is 0 Å². The summed E-state index contributed by atoms with van der Waals surface area (Å²) in [6.07, 6.45) is 0. The summed E-state index contributed by atoms with van der Waals surface area (Å²) >= 11 is -2.25. The van der Waals surface area contributed by atoms with Crippen LogP contribution in [0.5, 0.6) is 0 Å². The third kappa shape index (κ3) is 115. The van der Waals surface area contributed by atoms with E-state index in [9.17, 15) is 33.7 Å². The fourth-order valence-corrected chi connectivity index (χ4v) is 1.26. The molecule has 0 aromatic carbocycles. The monoisotopic (exact) mass is 692 g/mol. The van der Waals surface area contributed by atoms with Gasteiger partial charge in [0.2, 0.25) is 0 Å². The average Bonchev–Trinajstić information content (AvgIpc) is 2.44. The molecule has 31 heteroatoms. The zero-order chi connectivity index (χ0) is 24.9. The van der Waals surface area contributed by atoms with Crippen molar-refractivity contribution in [2.45, 2.75) is 0 Å². The van der Waals surface area contributed by atoms with Gasteiger partial charge in [0.1, 0.15) is 0 Å². The summed E-state index contributed by atoms with van der Waals surface area (Å²) in [4.78, 5) is 0. The Labute approximate surface area is 208 Å². The van der Waals surface area contributed by atoms with Gasteiger partial charge in [0.05, 0.1) is 0 Å². The molecule has 0 fully saturated rings. The first kappa shape index (κ1) is 49.5. The van der Waals surface area contributed by atoms with Crippen LogP contribution in [-0.4, -0.2) is 79.2 Å². The topological polar surface area (TPSA) is 393 Å². The third-order valence-electron chi connectivity index (χ3n) is 0.399. The first-order chi connectivity index (χ1) is 12.7. The van der Waals surface area contributed by atoms with E-state index in [2.05, 4.69) is 17.3 Å². The van der Waals surface area contributed by atoms with Gasteiger partial charge in [0.15, 0.2) is 0 Å². The SMILES string of the molecule is O=S(=O)(O)OOS(=O)(=O)O.O=S(=O)(O)OOS(=O)(=O)O.[Fe+3].[Fe+3].[O-]S[O-].[O-]S[O-].[O-]S[O-]. The normalized spacial score (nSPS) is 10.4. The predicted octanol–water partition coefficient (Wildman–Crippen LogP) is -2.98. The van der Waals surface area contributed by atoms with Gasteiger partial charge in [-0.25, -0.2) is 0 Å². The molecule has 0 amide bonds. The Morgan fingerprint density at radius 3 is 0.516 bits per heavy atom. The molecule has 194 valence electrons. The Hall–Kier alpha value is 1.33. The van der Waals surface area contributed by atoms with Gasteiger partial charge in [0, 0.05) is 0 Å². The molecular formula is H4Fe2O22S7. The van der Waals surface area contributed by atoms with Gasteiger partial charge in [-0.2, -0.15) is 33.7 Å². The molecule has 2 radical (unpaired) electrons. The van der Waals surface area contributed by atoms with Crippen LogP contribution in [0.1, 0.15) is 0 Å². The Kier molecular flexibility index (Phi) is 44.0. The van der Waals surface area contributed by atoms with E-state index in [-0.39, 0.29) is 34.1 Å². The maximum Gasteiger partial charge on any atom is 3.00 e. The van der Waals surface area contributed by atoms with Crippen LogP contribution in [0.25, 0.3) is 0 Å². The van der Waals surface area contributed by atoms with Gasteiger partial charge in [-0.1, -0.05) is 17.3 Å². The molecule has 0 saturated heterocycles. The van der Waals surface area contributed by atoms with Gasteiger partial charge in [0.25, 0.3) is 0 Å². The molecule has 0 spiro atoms. The number of rotatable bonds is 6. The molecule has 0 heterocycles. The van der Waals surface area contributed by atoms with Crippen molar-refractivity contribution >= 4 is 78.6 Å². The van der Waals surface area contributed by atoms with Crippen LogP contribution < -0.4 is 0 Å². The Morgan fingerprint density at radius 1 is 0.419 bits per heavy atom. The molecule has 0 bridgehead atoms. The van der Waals surface area contributed by atoms with Crippen LogP contribution in [0.15, 0.2) is 0 Å². The zero-order valence-electron chi connectivity index (χ0n) is 12.7. The maximum atomic E-state index is 9.51. The Morgan fingerprint density at radius 2 is 0.484 bits per heavy atom. The standard InChI is InChI=1S/2Fe.2H2O8S2.3H2O2S/c;;2*1-9(2,3)7-8-10(4,5)6;3*1-3-2/h;;2*(H,1,2,3)(H,4,5,6);3*1-2H/q2*+3;;;;;/p-6. The summed E-state index contributed by atoms with van der Waals surface area (Å²) in [7, 11) is -20.1. The minimum Gasteiger partial charge on any atom is -0.811 e. The van der Waals surface area contributed by atoms with E-state index in [1.54, 1.807) is 0 Å². The number of hydrogen-bond acceptors (Lipinski definition) is 21. The summed E-state index contributed by atoms with van der Waals surface area (Å²) < 4.78 is 167. The van der Waals surface area contributed by atoms with E-state index in [4.69, 9.17) is 45.5 Å². The van der Waals surface area contributed by atoms with E-state index in [1.807, 2.05) is 0 Å². The number of hydrogen-bond donors (Lipinski definition) is 4. The minimum atomic E-state index is -5.02. The molecule has 0 aliphatic heterocycles. The third-order valence-corrected chi connectivity index (χ3v) is 1.53.